The number of anilines is 2. The molecule has 17 heavy (non-hydrogen) atoms. The Morgan fingerprint density at radius 3 is 2.24 bits per heavy atom. The highest BCUT2D eigenvalue weighted by Gasteiger charge is 2.22. The molecule has 0 amide bonds. The lowest BCUT2D eigenvalue weighted by Crippen LogP contribution is -2.43. The van der Waals surface area contributed by atoms with Crippen LogP contribution in [-0.2, 0) is 17.3 Å². The second kappa shape index (κ2) is 4.19. The van der Waals surface area contributed by atoms with Crippen LogP contribution in [-0.4, -0.2) is 23.7 Å². The van der Waals surface area contributed by atoms with Crippen LogP contribution in [0.2, 0.25) is 0 Å². The number of nitrogens with zero attached hydrogens (tertiary/aromatic N) is 2. The maximum Gasteiger partial charge on any atom is 0.300 e. The van der Waals surface area contributed by atoms with E-state index in [4.69, 9.17) is 5.73 Å². The summed E-state index contributed by atoms with van der Waals surface area (Å²) in [7, 11) is -2.04. The molecule has 0 atom stereocenters. The molecule has 0 unspecified atom stereocenters. The van der Waals surface area contributed by atoms with Gasteiger partial charge >= 0.3 is 10.2 Å². The number of hydrogen-bond donors (Lipinski definition) is 3. The zero-order chi connectivity index (χ0) is 13.4. The van der Waals surface area contributed by atoms with Crippen molar-refractivity contribution in [3.8, 4) is 0 Å². The van der Waals surface area contributed by atoms with E-state index in [1.54, 1.807) is 34.7 Å². The third-order valence-corrected chi connectivity index (χ3v) is 3.28. The summed E-state index contributed by atoms with van der Waals surface area (Å²) in [4.78, 5) is 0. The molecule has 0 spiro atoms. The van der Waals surface area contributed by atoms with Gasteiger partial charge in [-0.05, 0) is 27.7 Å². The molecule has 7 nitrogen and oxygen atoms in total. The summed E-state index contributed by atoms with van der Waals surface area (Å²) in [6, 6.07) is 0. The van der Waals surface area contributed by atoms with E-state index in [0.29, 0.717) is 11.4 Å². The molecular weight excluding hydrogens is 242 g/mol. The molecule has 98 valence electrons. The quantitative estimate of drug-likeness (QED) is 0.730. The molecule has 1 rings (SSSR count). The van der Waals surface area contributed by atoms with E-state index in [1.807, 2.05) is 0 Å². The lowest BCUT2D eigenvalue weighted by atomic mass is 10.1. The first-order chi connectivity index (χ1) is 7.52. The molecule has 4 N–H and O–H groups in total. The molecule has 0 aliphatic rings. The molecule has 0 aliphatic carbocycles. The Labute approximate surface area is 102 Å². The lowest BCUT2D eigenvalue weighted by molar-refractivity contribution is 0.494. The van der Waals surface area contributed by atoms with Crippen molar-refractivity contribution in [2.45, 2.75) is 33.2 Å². The zero-order valence-corrected chi connectivity index (χ0v) is 11.5. The standard InChI is InChI=1S/C9H19N5O2S/c1-6-7(10)8(14(5)11-6)12-17(15,16)13-9(2,3)4/h12-13H,10H2,1-5H3. The third kappa shape index (κ3) is 3.60. The monoisotopic (exact) mass is 261 g/mol. The van der Waals surface area contributed by atoms with Crippen LogP contribution in [0, 0.1) is 6.92 Å². The Morgan fingerprint density at radius 2 is 1.88 bits per heavy atom. The fraction of sp³-hybridized carbons (Fsp3) is 0.667. The van der Waals surface area contributed by atoms with Gasteiger partial charge in [-0.3, -0.25) is 4.72 Å². The first-order valence-electron chi connectivity index (χ1n) is 5.12. The predicted octanol–water partition coefficient (Wildman–Crippen LogP) is 0.356. The van der Waals surface area contributed by atoms with Crippen LogP contribution >= 0.6 is 0 Å². The second-order valence-electron chi connectivity index (χ2n) is 4.93. The van der Waals surface area contributed by atoms with Gasteiger partial charge in [0.25, 0.3) is 0 Å². The highest BCUT2D eigenvalue weighted by atomic mass is 32.2. The SMILES string of the molecule is Cc1nn(C)c(NS(=O)(=O)NC(C)(C)C)c1N. The smallest absolute Gasteiger partial charge is 0.300 e. The molecular formula is C9H19N5O2S. The average molecular weight is 261 g/mol. The highest BCUT2D eigenvalue weighted by molar-refractivity contribution is 7.90. The van der Waals surface area contributed by atoms with Gasteiger partial charge in [0, 0.05) is 12.6 Å². The molecule has 1 aromatic rings. The van der Waals surface area contributed by atoms with Gasteiger partial charge in [-0.15, -0.1) is 0 Å². The summed E-state index contributed by atoms with van der Waals surface area (Å²) in [5, 5.41) is 4.03. The van der Waals surface area contributed by atoms with E-state index in [0.717, 1.165) is 0 Å². The Morgan fingerprint density at radius 1 is 1.35 bits per heavy atom. The van der Waals surface area contributed by atoms with Crippen LogP contribution in [0.15, 0.2) is 0 Å². The number of hydrogen-bond acceptors (Lipinski definition) is 4. The average Bonchev–Trinajstić information content (AvgIpc) is 2.27. The molecule has 0 saturated carbocycles. The van der Waals surface area contributed by atoms with E-state index >= 15 is 0 Å². The van der Waals surface area contributed by atoms with Gasteiger partial charge in [0.15, 0.2) is 5.82 Å². The highest BCUT2D eigenvalue weighted by Crippen LogP contribution is 2.21. The summed E-state index contributed by atoms with van der Waals surface area (Å²) >= 11 is 0. The van der Waals surface area contributed by atoms with Gasteiger partial charge in [0.05, 0.1) is 11.4 Å². The Hall–Kier alpha value is -1.28. The second-order valence-corrected chi connectivity index (χ2v) is 6.34. The lowest BCUT2D eigenvalue weighted by Gasteiger charge is -2.21. The van der Waals surface area contributed by atoms with Crippen molar-refractivity contribution in [1.82, 2.24) is 14.5 Å². The number of nitrogens with two attached hydrogens (primary N) is 1. The van der Waals surface area contributed by atoms with Gasteiger partial charge in [0.1, 0.15) is 0 Å². The van der Waals surface area contributed by atoms with E-state index in [-0.39, 0.29) is 5.82 Å². The van der Waals surface area contributed by atoms with Crippen molar-refractivity contribution in [3.05, 3.63) is 5.69 Å². The minimum Gasteiger partial charge on any atom is -0.394 e. The Kier molecular flexibility index (Phi) is 3.40. The summed E-state index contributed by atoms with van der Waals surface area (Å²) in [5.41, 5.74) is 6.08. The van der Waals surface area contributed by atoms with Crippen molar-refractivity contribution >= 4 is 21.7 Å². The van der Waals surface area contributed by atoms with Crippen molar-refractivity contribution in [3.63, 3.8) is 0 Å². The van der Waals surface area contributed by atoms with E-state index in [1.165, 1.54) is 4.68 Å². The Balaban J connectivity index is 2.99. The molecule has 0 radical (unpaired) electrons. The number of aromatic nitrogens is 2. The van der Waals surface area contributed by atoms with Crippen molar-refractivity contribution in [2.75, 3.05) is 10.5 Å². The largest absolute Gasteiger partial charge is 0.394 e. The zero-order valence-electron chi connectivity index (χ0n) is 10.7. The maximum atomic E-state index is 11.8. The van der Waals surface area contributed by atoms with Gasteiger partial charge in [-0.1, -0.05) is 0 Å². The summed E-state index contributed by atoms with van der Waals surface area (Å²) < 4.78 is 29.9. The molecule has 0 fully saturated rings. The van der Waals surface area contributed by atoms with Gasteiger partial charge in [-0.2, -0.15) is 18.2 Å². The number of nitrogen functional groups attached to an aromatic ring is 1. The molecule has 0 saturated heterocycles. The fourth-order valence-electron chi connectivity index (χ4n) is 1.35. The molecule has 1 heterocycles. The van der Waals surface area contributed by atoms with Gasteiger partial charge < -0.3 is 5.73 Å². The normalized spacial score (nSPS) is 12.8. The van der Waals surface area contributed by atoms with E-state index < -0.39 is 15.7 Å². The van der Waals surface area contributed by atoms with Crippen LogP contribution < -0.4 is 15.2 Å². The molecule has 8 heteroatoms. The number of rotatable bonds is 3. The van der Waals surface area contributed by atoms with Crippen LogP contribution in [0.25, 0.3) is 0 Å². The summed E-state index contributed by atoms with van der Waals surface area (Å²) in [6.45, 7) is 6.97. The maximum absolute atomic E-state index is 11.8. The van der Waals surface area contributed by atoms with Crippen LogP contribution in [0.5, 0.6) is 0 Å². The molecule has 0 aliphatic heterocycles. The molecule has 0 aromatic carbocycles. The third-order valence-electron chi connectivity index (χ3n) is 1.94. The Bertz CT molecular complexity index is 512. The molecule has 0 bridgehead atoms. The van der Waals surface area contributed by atoms with E-state index in [2.05, 4.69) is 14.5 Å². The van der Waals surface area contributed by atoms with Crippen LogP contribution in [0.1, 0.15) is 26.5 Å². The number of nitrogens with one attached hydrogen (secondary N) is 2. The van der Waals surface area contributed by atoms with Crippen LogP contribution in [0.3, 0.4) is 0 Å². The summed E-state index contributed by atoms with van der Waals surface area (Å²) in [6.07, 6.45) is 0. The molecule has 1 aromatic heterocycles. The minimum atomic E-state index is -3.66. The fourth-order valence-corrected chi connectivity index (χ4v) is 2.71. The van der Waals surface area contributed by atoms with Gasteiger partial charge in [-0.25, -0.2) is 4.68 Å². The van der Waals surface area contributed by atoms with Gasteiger partial charge in [0.2, 0.25) is 0 Å². The van der Waals surface area contributed by atoms with E-state index in [9.17, 15) is 8.42 Å². The first-order valence-corrected chi connectivity index (χ1v) is 6.61. The topological polar surface area (TPSA) is 102 Å². The summed E-state index contributed by atoms with van der Waals surface area (Å²) in [5.74, 6) is 0.263. The minimum absolute atomic E-state index is 0.263. The number of aryl methyl sites for hydroxylation is 2. The van der Waals surface area contributed by atoms with Crippen LogP contribution in [0.4, 0.5) is 11.5 Å². The van der Waals surface area contributed by atoms with Crippen molar-refractivity contribution in [1.29, 1.82) is 0 Å². The predicted molar refractivity (Wildman–Crippen MR) is 67.8 cm³/mol. The van der Waals surface area contributed by atoms with Crippen molar-refractivity contribution < 1.29 is 8.42 Å². The van der Waals surface area contributed by atoms with Crippen molar-refractivity contribution in [2.24, 2.45) is 7.05 Å². The first kappa shape index (κ1) is 13.8.